The molecule has 1 aliphatic heterocycles. The number of nitrogens with zero attached hydrogens (tertiary/aromatic N) is 4. The Balaban J connectivity index is 1.33. The van der Waals surface area contributed by atoms with Crippen molar-refractivity contribution in [1.29, 1.82) is 0 Å². The van der Waals surface area contributed by atoms with Gasteiger partial charge in [-0.15, -0.1) is 0 Å². The molecule has 0 radical (unpaired) electrons. The van der Waals surface area contributed by atoms with Gasteiger partial charge in [0, 0.05) is 37.5 Å². The molecule has 1 amide bonds. The fraction of sp³-hybridized carbons (Fsp3) is 0.333. The van der Waals surface area contributed by atoms with Crippen LogP contribution in [0.15, 0.2) is 67.3 Å². The highest BCUT2D eigenvalue weighted by atomic mass is 16.2. The number of carbonyl (C=O) groups excluding carboxylic acids is 2. The van der Waals surface area contributed by atoms with Crippen LogP contribution >= 0.6 is 0 Å². The van der Waals surface area contributed by atoms with Gasteiger partial charge in [-0.1, -0.05) is 54.6 Å². The molecule has 2 heterocycles. The van der Waals surface area contributed by atoms with Crippen LogP contribution in [-0.4, -0.2) is 44.4 Å². The van der Waals surface area contributed by atoms with Crippen molar-refractivity contribution in [2.75, 3.05) is 13.1 Å². The van der Waals surface area contributed by atoms with Gasteiger partial charge in [0.1, 0.15) is 12.7 Å². The van der Waals surface area contributed by atoms with E-state index in [2.05, 4.69) is 22.2 Å². The van der Waals surface area contributed by atoms with Crippen molar-refractivity contribution in [3.63, 3.8) is 0 Å². The van der Waals surface area contributed by atoms with Crippen LogP contribution in [-0.2, 0) is 11.3 Å². The molecule has 1 saturated heterocycles. The van der Waals surface area contributed by atoms with Gasteiger partial charge in [0.2, 0.25) is 5.91 Å². The smallest absolute Gasteiger partial charge is 0.222 e. The van der Waals surface area contributed by atoms with Gasteiger partial charge in [0.15, 0.2) is 5.78 Å². The van der Waals surface area contributed by atoms with Gasteiger partial charge in [-0.05, 0) is 30.4 Å². The molecule has 6 nitrogen and oxygen atoms in total. The number of rotatable bonds is 7. The third-order valence-corrected chi connectivity index (χ3v) is 5.67. The summed E-state index contributed by atoms with van der Waals surface area (Å²) < 4.78 is 1.73. The first-order valence-electron chi connectivity index (χ1n) is 10.5. The minimum Gasteiger partial charge on any atom is -0.342 e. The summed E-state index contributed by atoms with van der Waals surface area (Å²) in [6.45, 7) is 1.93. The van der Waals surface area contributed by atoms with Crippen molar-refractivity contribution in [1.82, 2.24) is 19.7 Å². The quantitative estimate of drug-likeness (QED) is 0.563. The van der Waals surface area contributed by atoms with Gasteiger partial charge >= 0.3 is 0 Å². The molecule has 1 fully saturated rings. The van der Waals surface area contributed by atoms with E-state index in [4.69, 9.17) is 0 Å². The molecule has 0 aliphatic carbocycles. The second-order valence-electron chi connectivity index (χ2n) is 7.75. The van der Waals surface area contributed by atoms with Crippen LogP contribution in [0, 0.1) is 5.92 Å². The molecule has 1 aliphatic rings. The van der Waals surface area contributed by atoms with E-state index in [0.717, 1.165) is 42.5 Å². The first kappa shape index (κ1) is 20.0. The summed E-state index contributed by atoms with van der Waals surface area (Å²) in [4.78, 5) is 31.4. The Hall–Kier alpha value is -3.28. The largest absolute Gasteiger partial charge is 0.342 e. The average Bonchev–Trinajstić information content (AvgIpc) is 3.33. The fourth-order valence-electron chi connectivity index (χ4n) is 4.01. The van der Waals surface area contributed by atoms with Gasteiger partial charge in [-0.25, -0.2) is 4.98 Å². The molecule has 6 heteroatoms. The third-order valence-electron chi connectivity index (χ3n) is 5.67. The van der Waals surface area contributed by atoms with E-state index < -0.39 is 0 Å². The third kappa shape index (κ3) is 4.82. The van der Waals surface area contributed by atoms with Crippen molar-refractivity contribution in [2.45, 2.75) is 32.2 Å². The molecule has 0 saturated carbocycles. The summed E-state index contributed by atoms with van der Waals surface area (Å²) in [5.41, 5.74) is 2.96. The van der Waals surface area contributed by atoms with E-state index in [1.807, 2.05) is 47.4 Å². The summed E-state index contributed by atoms with van der Waals surface area (Å²) in [5, 5.41) is 4.06. The summed E-state index contributed by atoms with van der Waals surface area (Å²) in [6, 6.07) is 17.9. The fourth-order valence-corrected chi connectivity index (χ4v) is 4.01. The van der Waals surface area contributed by atoms with Crippen LogP contribution in [0.1, 0.15) is 36.0 Å². The summed E-state index contributed by atoms with van der Waals surface area (Å²) in [5.74, 6) is 0.127. The lowest BCUT2D eigenvalue weighted by Gasteiger charge is -2.32. The Kier molecular flexibility index (Phi) is 6.32. The average molecular weight is 402 g/mol. The monoisotopic (exact) mass is 402 g/mol. The predicted octanol–water partition coefficient (Wildman–Crippen LogP) is 3.85. The number of Topliss-reactive ketones (excluding diaryl/α,β-unsaturated/α-hetero) is 1. The zero-order valence-corrected chi connectivity index (χ0v) is 17.0. The number of carbonyl (C=O) groups is 2. The van der Waals surface area contributed by atoms with E-state index in [0.29, 0.717) is 19.5 Å². The highest BCUT2D eigenvalue weighted by Crippen LogP contribution is 2.24. The van der Waals surface area contributed by atoms with Crippen LogP contribution in [0.4, 0.5) is 0 Å². The molecular weight excluding hydrogens is 376 g/mol. The van der Waals surface area contributed by atoms with E-state index in [-0.39, 0.29) is 17.6 Å². The van der Waals surface area contributed by atoms with Crippen LogP contribution in [0.2, 0.25) is 0 Å². The number of aromatic nitrogens is 3. The van der Waals surface area contributed by atoms with E-state index in [1.54, 1.807) is 11.0 Å². The zero-order valence-electron chi connectivity index (χ0n) is 17.0. The molecule has 0 spiro atoms. The summed E-state index contributed by atoms with van der Waals surface area (Å²) >= 11 is 0. The number of hydrogen-bond acceptors (Lipinski definition) is 4. The number of piperidine rings is 1. The van der Waals surface area contributed by atoms with Crippen LogP contribution < -0.4 is 0 Å². The van der Waals surface area contributed by atoms with Crippen LogP contribution in [0.3, 0.4) is 0 Å². The Labute approximate surface area is 176 Å². The van der Waals surface area contributed by atoms with Crippen molar-refractivity contribution < 1.29 is 9.59 Å². The number of benzene rings is 2. The van der Waals surface area contributed by atoms with E-state index in [9.17, 15) is 9.59 Å². The lowest BCUT2D eigenvalue weighted by atomic mass is 9.89. The highest BCUT2D eigenvalue weighted by molar-refractivity contribution is 5.98. The molecule has 0 N–H and O–H groups in total. The van der Waals surface area contributed by atoms with E-state index in [1.165, 1.54) is 6.33 Å². The predicted molar refractivity (Wildman–Crippen MR) is 115 cm³/mol. The van der Waals surface area contributed by atoms with E-state index >= 15 is 0 Å². The number of amides is 1. The topological polar surface area (TPSA) is 68.1 Å². The van der Waals surface area contributed by atoms with Crippen molar-refractivity contribution in [2.24, 2.45) is 5.92 Å². The van der Waals surface area contributed by atoms with Crippen LogP contribution in [0.25, 0.3) is 11.1 Å². The van der Waals surface area contributed by atoms with Crippen molar-refractivity contribution in [3.8, 4) is 11.1 Å². The minimum atomic E-state index is -0.124. The second-order valence-corrected chi connectivity index (χ2v) is 7.75. The molecule has 3 aromatic rings. The Morgan fingerprint density at radius 2 is 1.77 bits per heavy atom. The lowest BCUT2D eigenvalue weighted by Crippen LogP contribution is -2.42. The molecule has 0 bridgehead atoms. The molecule has 154 valence electrons. The highest BCUT2D eigenvalue weighted by Gasteiger charge is 2.28. The normalized spacial score (nSPS) is 16.4. The Bertz CT molecular complexity index is 968. The number of ketones is 1. The number of aryl methyl sites for hydroxylation is 1. The first-order chi connectivity index (χ1) is 14.7. The van der Waals surface area contributed by atoms with Crippen molar-refractivity contribution >= 4 is 11.7 Å². The SMILES string of the molecule is O=C(c1ccc(-c2ccccc2)cc1)[C@H]1CCCN(C(=O)CCCn2cncn2)C1. The van der Waals surface area contributed by atoms with Crippen LogP contribution in [0.5, 0.6) is 0 Å². The zero-order chi connectivity index (χ0) is 20.8. The lowest BCUT2D eigenvalue weighted by molar-refractivity contribution is -0.132. The molecule has 0 unspecified atom stereocenters. The molecule has 2 aromatic carbocycles. The van der Waals surface area contributed by atoms with Gasteiger partial charge in [-0.2, -0.15) is 5.10 Å². The molecule has 1 atom stereocenters. The first-order valence-corrected chi connectivity index (χ1v) is 10.5. The standard InChI is InChI=1S/C24H26N4O2/c29-23(9-5-15-28-18-25-17-26-28)27-14-4-8-22(16-27)24(30)21-12-10-20(11-13-21)19-6-2-1-3-7-19/h1-3,6-7,10-13,17-18,22H,4-5,8-9,14-16H2/t22-/m0/s1. The maximum Gasteiger partial charge on any atom is 0.222 e. The Morgan fingerprint density at radius 3 is 2.50 bits per heavy atom. The van der Waals surface area contributed by atoms with Gasteiger partial charge < -0.3 is 4.90 Å². The summed E-state index contributed by atoms with van der Waals surface area (Å²) in [6.07, 6.45) is 6.04. The van der Waals surface area contributed by atoms with Gasteiger partial charge in [-0.3, -0.25) is 14.3 Å². The Morgan fingerprint density at radius 1 is 1.00 bits per heavy atom. The minimum absolute atomic E-state index is 0.118. The summed E-state index contributed by atoms with van der Waals surface area (Å²) in [7, 11) is 0. The molecule has 4 rings (SSSR count). The second kappa shape index (κ2) is 9.48. The molecule has 30 heavy (non-hydrogen) atoms. The number of likely N-dealkylation sites (tertiary alicyclic amines) is 1. The molecule has 1 aromatic heterocycles. The maximum atomic E-state index is 13.0. The van der Waals surface area contributed by atoms with Gasteiger partial charge in [0.25, 0.3) is 0 Å². The maximum absolute atomic E-state index is 13.0. The molecular formula is C24H26N4O2. The van der Waals surface area contributed by atoms with Crippen molar-refractivity contribution in [3.05, 3.63) is 72.8 Å². The number of hydrogen-bond donors (Lipinski definition) is 0. The van der Waals surface area contributed by atoms with Gasteiger partial charge in [0.05, 0.1) is 0 Å².